The minimum absolute atomic E-state index is 0.222. The maximum Gasteiger partial charge on any atom is 0.123 e. The summed E-state index contributed by atoms with van der Waals surface area (Å²) in [6.45, 7) is 6.54. The van der Waals surface area contributed by atoms with Crippen molar-refractivity contribution in [1.82, 2.24) is 4.98 Å². The molecule has 2 rings (SSSR count). The third-order valence-corrected chi connectivity index (χ3v) is 5.51. The van der Waals surface area contributed by atoms with Crippen molar-refractivity contribution in [2.24, 2.45) is 11.8 Å². The molecular formula is C18H29NOS. The zero-order valence-electron chi connectivity index (χ0n) is 13.7. The molecule has 1 aromatic rings. The largest absolute Gasteiger partial charge is 0.491 e. The van der Waals surface area contributed by atoms with E-state index in [0.717, 1.165) is 29.0 Å². The van der Waals surface area contributed by atoms with E-state index in [0.29, 0.717) is 0 Å². The highest BCUT2D eigenvalue weighted by atomic mass is 32.2. The van der Waals surface area contributed by atoms with Gasteiger partial charge in [0, 0.05) is 18.0 Å². The van der Waals surface area contributed by atoms with Crippen LogP contribution in [0.5, 0.6) is 5.75 Å². The molecule has 0 amide bonds. The van der Waals surface area contributed by atoms with Crippen molar-refractivity contribution in [3.63, 3.8) is 0 Å². The van der Waals surface area contributed by atoms with E-state index in [-0.39, 0.29) is 6.10 Å². The first-order chi connectivity index (χ1) is 10.1. The number of rotatable bonds is 7. The van der Waals surface area contributed by atoms with Gasteiger partial charge in [-0.2, -0.15) is 11.8 Å². The van der Waals surface area contributed by atoms with Crippen molar-refractivity contribution in [2.45, 2.75) is 64.7 Å². The molecule has 0 radical (unpaired) electrons. The molecule has 1 fully saturated rings. The maximum atomic E-state index is 5.73. The van der Waals surface area contributed by atoms with Crippen LogP contribution in [0.2, 0.25) is 0 Å². The van der Waals surface area contributed by atoms with Crippen LogP contribution in [-0.4, -0.2) is 16.8 Å². The van der Waals surface area contributed by atoms with Crippen molar-refractivity contribution in [3.8, 4) is 5.75 Å². The third-order valence-electron chi connectivity index (χ3n) is 4.25. The maximum absolute atomic E-state index is 5.73. The molecule has 21 heavy (non-hydrogen) atoms. The van der Waals surface area contributed by atoms with Crippen LogP contribution in [0.4, 0.5) is 0 Å². The van der Waals surface area contributed by atoms with Crippen LogP contribution in [0.15, 0.2) is 18.3 Å². The predicted octanol–water partition coefficient (Wildman–Crippen LogP) is 5.32. The fraction of sp³-hybridized carbons (Fsp3) is 0.722. The molecule has 1 unspecified atom stereocenters. The number of hydrogen-bond acceptors (Lipinski definition) is 3. The van der Waals surface area contributed by atoms with Crippen LogP contribution < -0.4 is 4.74 Å². The van der Waals surface area contributed by atoms with Gasteiger partial charge in [-0.25, -0.2) is 0 Å². The molecule has 1 aliphatic carbocycles. The lowest BCUT2D eigenvalue weighted by molar-refractivity contribution is 0.242. The Morgan fingerprint density at radius 2 is 2.00 bits per heavy atom. The fourth-order valence-electron chi connectivity index (χ4n) is 3.07. The first-order valence-corrected chi connectivity index (χ1v) is 9.50. The summed E-state index contributed by atoms with van der Waals surface area (Å²) in [4.78, 5) is 4.46. The Labute approximate surface area is 134 Å². The Balaban J connectivity index is 1.74. The van der Waals surface area contributed by atoms with E-state index in [1.807, 2.05) is 24.0 Å². The highest BCUT2D eigenvalue weighted by Gasteiger charge is 2.19. The molecule has 0 aromatic carbocycles. The molecule has 1 saturated carbocycles. The summed E-state index contributed by atoms with van der Waals surface area (Å²) in [7, 11) is 0. The lowest BCUT2D eigenvalue weighted by atomic mass is 9.82. The summed E-state index contributed by atoms with van der Waals surface area (Å²) in [6.07, 6.45) is 9.29. The molecule has 0 bridgehead atoms. The molecule has 1 aromatic heterocycles. The quantitative estimate of drug-likeness (QED) is 0.680. The van der Waals surface area contributed by atoms with Gasteiger partial charge in [-0.05, 0) is 37.5 Å². The summed E-state index contributed by atoms with van der Waals surface area (Å²) >= 11 is 2.02. The van der Waals surface area contributed by atoms with E-state index < -0.39 is 0 Å². The molecule has 1 heterocycles. The van der Waals surface area contributed by atoms with Crippen molar-refractivity contribution in [3.05, 3.63) is 24.0 Å². The number of ether oxygens (including phenoxy) is 1. The molecular weight excluding hydrogens is 278 g/mol. The van der Waals surface area contributed by atoms with Crippen molar-refractivity contribution in [1.29, 1.82) is 0 Å². The van der Waals surface area contributed by atoms with Gasteiger partial charge in [0.15, 0.2) is 0 Å². The number of pyridine rings is 1. The van der Waals surface area contributed by atoms with E-state index in [9.17, 15) is 0 Å². The third kappa shape index (κ3) is 5.90. The van der Waals surface area contributed by atoms with Gasteiger partial charge in [0.1, 0.15) is 5.75 Å². The first-order valence-electron chi connectivity index (χ1n) is 8.34. The van der Waals surface area contributed by atoms with E-state index in [4.69, 9.17) is 4.74 Å². The lowest BCUT2D eigenvalue weighted by Gasteiger charge is -2.27. The Bertz CT molecular complexity index is 415. The number of aromatic nitrogens is 1. The normalized spacial score (nSPS) is 17.9. The van der Waals surface area contributed by atoms with Gasteiger partial charge in [0.25, 0.3) is 0 Å². The van der Waals surface area contributed by atoms with Crippen LogP contribution in [0.3, 0.4) is 0 Å². The van der Waals surface area contributed by atoms with E-state index in [1.54, 1.807) is 0 Å². The number of hydrogen-bond donors (Lipinski definition) is 0. The Morgan fingerprint density at radius 3 is 2.71 bits per heavy atom. The molecule has 118 valence electrons. The molecule has 0 aliphatic heterocycles. The molecule has 0 N–H and O–H groups in total. The van der Waals surface area contributed by atoms with Crippen molar-refractivity contribution < 1.29 is 4.74 Å². The Kier molecular flexibility index (Phi) is 6.88. The van der Waals surface area contributed by atoms with Crippen molar-refractivity contribution in [2.75, 3.05) is 5.75 Å². The average Bonchev–Trinajstić information content (AvgIpc) is 2.48. The summed E-state index contributed by atoms with van der Waals surface area (Å²) in [5.74, 6) is 4.98. The highest BCUT2D eigenvalue weighted by Crippen LogP contribution is 2.32. The van der Waals surface area contributed by atoms with Gasteiger partial charge in [-0.15, -0.1) is 0 Å². The Hall–Kier alpha value is -0.700. The topological polar surface area (TPSA) is 22.1 Å². The molecule has 1 aliphatic rings. The van der Waals surface area contributed by atoms with E-state index in [1.165, 1.54) is 37.9 Å². The summed E-state index contributed by atoms with van der Waals surface area (Å²) < 4.78 is 5.73. The van der Waals surface area contributed by atoms with Crippen LogP contribution >= 0.6 is 11.8 Å². The van der Waals surface area contributed by atoms with E-state index in [2.05, 4.69) is 31.8 Å². The number of thioether (sulfide) groups is 1. The summed E-state index contributed by atoms with van der Waals surface area (Å²) in [5, 5.41) is 0. The molecule has 3 heteroatoms. The minimum Gasteiger partial charge on any atom is -0.491 e. The predicted molar refractivity (Wildman–Crippen MR) is 91.9 cm³/mol. The zero-order chi connectivity index (χ0) is 15.1. The van der Waals surface area contributed by atoms with Gasteiger partial charge in [-0.3, -0.25) is 4.98 Å². The van der Waals surface area contributed by atoms with Gasteiger partial charge in [-0.1, -0.05) is 39.0 Å². The zero-order valence-corrected chi connectivity index (χ0v) is 14.5. The fourth-order valence-corrected chi connectivity index (χ4v) is 4.20. The standard InChI is InChI=1S/C18H29NOS/c1-14(2)20-18-9-10-19-17(11-18)13-21-12-15(3)16-7-5-4-6-8-16/h9-11,14-16H,4-8,12-13H2,1-3H3. The van der Waals surface area contributed by atoms with Crippen LogP contribution in [0, 0.1) is 11.8 Å². The molecule has 0 saturated heterocycles. The van der Waals surface area contributed by atoms with Crippen LogP contribution in [0.1, 0.15) is 58.6 Å². The van der Waals surface area contributed by atoms with Crippen molar-refractivity contribution >= 4 is 11.8 Å². The second kappa shape index (κ2) is 8.67. The second-order valence-corrected chi connectivity index (χ2v) is 7.57. The van der Waals surface area contributed by atoms with Crippen LogP contribution in [0.25, 0.3) is 0 Å². The first kappa shape index (κ1) is 16.7. The SMILES string of the molecule is CC(C)Oc1ccnc(CSCC(C)C2CCCCC2)c1. The molecule has 1 atom stereocenters. The lowest BCUT2D eigenvalue weighted by Crippen LogP contribution is -2.17. The summed E-state index contributed by atoms with van der Waals surface area (Å²) in [6, 6.07) is 4.02. The van der Waals surface area contributed by atoms with Gasteiger partial charge in [0.05, 0.1) is 11.8 Å². The smallest absolute Gasteiger partial charge is 0.123 e. The summed E-state index contributed by atoms with van der Waals surface area (Å²) in [5.41, 5.74) is 1.13. The second-order valence-electron chi connectivity index (χ2n) is 6.54. The molecule has 2 nitrogen and oxygen atoms in total. The minimum atomic E-state index is 0.222. The van der Waals surface area contributed by atoms with E-state index >= 15 is 0 Å². The van der Waals surface area contributed by atoms with Crippen LogP contribution in [-0.2, 0) is 5.75 Å². The van der Waals surface area contributed by atoms with Gasteiger partial charge in [0.2, 0.25) is 0 Å². The Morgan fingerprint density at radius 1 is 1.24 bits per heavy atom. The van der Waals surface area contributed by atoms with Gasteiger partial charge >= 0.3 is 0 Å². The number of nitrogens with zero attached hydrogens (tertiary/aromatic N) is 1. The monoisotopic (exact) mass is 307 g/mol. The van der Waals surface area contributed by atoms with Gasteiger partial charge < -0.3 is 4.74 Å². The average molecular weight is 308 g/mol. The molecule has 0 spiro atoms. The highest BCUT2D eigenvalue weighted by molar-refractivity contribution is 7.98.